The lowest BCUT2D eigenvalue weighted by Gasteiger charge is -2.37. The summed E-state index contributed by atoms with van der Waals surface area (Å²) in [6.45, 7) is 4.87. The van der Waals surface area contributed by atoms with Gasteiger partial charge in [0.2, 0.25) is 0 Å². The molecule has 102 valence electrons. The summed E-state index contributed by atoms with van der Waals surface area (Å²) < 4.78 is 0. The third-order valence-corrected chi connectivity index (χ3v) is 4.71. The number of aromatic nitrogens is 1. The van der Waals surface area contributed by atoms with Crippen molar-refractivity contribution in [2.24, 2.45) is 0 Å². The van der Waals surface area contributed by atoms with Crippen molar-refractivity contribution in [2.45, 2.75) is 25.1 Å². The zero-order valence-corrected chi connectivity index (χ0v) is 11.7. The van der Waals surface area contributed by atoms with Gasteiger partial charge in [-0.3, -0.25) is 4.79 Å². The molecule has 19 heavy (non-hydrogen) atoms. The van der Waals surface area contributed by atoms with Gasteiger partial charge in [0, 0.05) is 29.8 Å². The van der Waals surface area contributed by atoms with Crippen molar-refractivity contribution in [2.75, 3.05) is 12.3 Å². The van der Waals surface area contributed by atoms with Gasteiger partial charge in [-0.25, -0.2) is 9.78 Å². The predicted molar refractivity (Wildman–Crippen MR) is 73.6 cm³/mol. The first-order chi connectivity index (χ1) is 9.00. The highest BCUT2D eigenvalue weighted by Gasteiger charge is 2.29. The van der Waals surface area contributed by atoms with Gasteiger partial charge in [-0.05, 0) is 19.1 Å². The van der Waals surface area contributed by atoms with E-state index in [-0.39, 0.29) is 17.6 Å². The van der Waals surface area contributed by atoms with E-state index in [4.69, 9.17) is 5.11 Å². The fraction of sp³-hybridized carbons (Fsp3) is 0.462. The summed E-state index contributed by atoms with van der Waals surface area (Å²) in [6.07, 6.45) is 1.34. The molecule has 2 rings (SSSR count). The number of nitrogens with zero attached hydrogens (tertiary/aromatic N) is 2. The lowest BCUT2D eigenvalue weighted by atomic mass is 10.1. The van der Waals surface area contributed by atoms with Crippen LogP contribution in [0.2, 0.25) is 0 Å². The molecule has 2 heterocycles. The quantitative estimate of drug-likeness (QED) is 0.893. The van der Waals surface area contributed by atoms with Crippen LogP contribution in [0.5, 0.6) is 0 Å². The van der Waals surface area contributed by atoms with Crippen LogP contribution in [0, 0.1) is 0 Å². The summed E-state index contributed by atoms with van der Waals surface area (Å²) in [5, 5.41) is 9.19. The van der Waals surface area contributed by atoms with Gasteiger partial charge in [-0.15, -0.1) is 0 Å². The molecule has 1 aromatic rings. The third-order valence-electron chi connectivity index (χ3n) is 3.37. The Bertz CT molecular complexity index is 489. The van der Waals surface area contributed by atoms with Crippen LogP contribution in [0.4, 0.5) is 0 Å². The van der Waals surface area contributed by atoms with Crippen molar-refractivity contribution in [1.82, 2.24) is 9.88 Å². The largest absolute Gasteiger partial charge is 0.477 e. The fourth-order valence-electron chi connectivity index (χ4n) is 2.03. The Balaban J connectivity index is 2.17. The molecule has 0 spiro atoms. The Labute approximate surface area is 116 Å². The van der Waals surface area contributed by atoms with E-state index < -0.39 is 5.97 Å². The second kappa shape index (κ2) is 5.61. The standard InChI is InChI=1S/C13H16N2O3S/c1-8-9(2)19-6-5-15(8)12(16)10-3-4-11(13(17)18)14-7-10/h3-4,7-9H,5-6H2,1-2H3,(H,17,18). The summed E-state index contributed by atoms with van der Waals surface area (Å²) in [7, 11) is 0. The Morgan fingerprint density at radius 1 is 1.42 bits per heavy atom. The van der Waals surface area contributed by atoms with Crippen molar-refractivity contribution in [3.8, 4) is 0 Å². The minimum atomic E-state index is -1.09. The number of aromatic carboxylic acids is 1. The summed E-state index contributed by atoms with van der Waals surface area (Å²) >= 11 is 1.86. The maximum atomic E-state index is 12.4. The van der Waals surface area contributed by atoms with Gasteiger partial charge >= 0.3 is 5.97 Å². The van der Waals surface area contributed by atoms with Crippen LogP contribution in [-0.4, -0.2) is 50.5 Å². The summed E-state index contributed by atoms with van der Waals surface area (Å²) in [5.74, 6) is -0.239. The first-order valence-electron chi connectivity index (χ1n) is 6.12. The van der Waals surface area contributed by atoms with Crippen molar-refractivity contribution in [1.29, 1.82) is 0 Å². The topological polar surface area (TPSA) is 70.5 Å². The number of rotatable bonds is 2. The van der Waals surface area contributed by atoms with Crippen molar-refractivity contribution in [3.63, 3.8) is 0 Å². The molecule has 1 aliphatic rings. The Morgan fingerprint density at radius 3 is 2.74 bits per heavy atom. The van der Waals surface area contributed by atoms with Crippen molar-refractivity contribution in [3.05, 3.63) is 29.6 Å². The minimum absolute atomic E-state index is 0.0489. The zero-order valence-electron chi connectivity index (χ0n) is 10.9. The Morgan fingerprint density at radius 2 is 2.16 bits per heavy atom. The van der Waals surface area contributed by atoms with Gasteiger partial charge in [-0.2, -0.15) is 11.8 Å². The van der Waals surface area contributed by atoms with Gasteiger partial charge in [0.1, 0.15) is 5.69 Å². The highest BCUT2D eigenvalue weighted by Crippen LogP contribution is 2.25. The molecular formula is C13H16N2O3S. The third kappa shape index (κ3) is 2.89. The normalized spacial score (nSPS) is 23.2. The first kappa shape index (κ1) is 13.9. The molecule has 2 atom stereocenters. The number of amides is 1. The molecule has 6 heteroatoms. The van der Waals surface area contributed by atoms with Crippen molar-refractivity contribution >= 4 is 23.6 Å². The van der Waals surface area contributed by atoms with Gasteiger partial charge < -0.3 is 10.0 Å². The monoisotopic (exact) mass is 280 g/mol. The summed E-state index contributed by atoms with van der Waals surface area (Å²) in [4.78, 5) is 28.7. The molecule has 0 aromatic carbocycles. The van der Waals surface area contributed by atoms with E-state index in [9.17, 15) is 9.59 Å². The van der Waals surface area contributed by atoms with E-state index in [1.807, 2.05) is 23.6 Å². The SMILES string of the molecule is CC1SCCN(C(=O)c2ccc(C(=O)O)nc2)C1C. The van der Waals surface area contributed by atoms with E-state index in [0.717, 1.165) is 12.3 Å². The molecule has 5 nitrogen and oxygen atoms in total. The molecule has 1 fully saturated rings. The molecule has 2 unspecified atom stereocenters. The predicted octanol–water partition coefficient (Wildman–Crippen LogP) is 1.75. The van der Waals surface area contributed by atoms with Crippen LogP contribution >= 0.6 is 11.8 Å². The number of thioether (sulfide) groups is 1. The summed E-state index contributed by atoms with van der Waals surface area (Å²) in [5.41, 5.74) is 0.392. The molecule has 1 amide bonds. The number of carbonyl (C=O) groups is 2. The molecule has 1 aromatic heterocycles. The molecule has 0 saturated carbocycles. The molecular weight excluding hydrogens is 264 g/mol. The number of carboxylic acid groups (broad SMARTS) is 1. The van der Waals surface area contributed by atoms with Crippen LogP contribution in [0.1, 0.15) is 34.7 Å². The van der Waals surface area contributed by atoms with Crippen LogP contribution in [0.25, 0.3) is 0 Å². The molecule has 1 aliphatic heterocycles. The van der Waals surface area contributed by atoms with E-state index in [1.165, 1.54) is 18.3 Å². The number of hydrogen-bond donors (Lipinski definition) is 1. The maximum absolute atomic E-state index is 12.4. The average Bonchev–Trinajstić information content (AvgIpc) is 2.41. The first-order valence-corrected chi connectivity index (χ1v) is 7.17. The van der Waals surface area contributed by atoms with Crippen LogP contribution in [0.3, 0.4) is 0 Å². The van der Waals surface area contributed by atoms with Gasteiger partial charge in [0.15, 0.2) is 0 Å². The van der Waals surface area contributed by atoms with Crippen LogP contribution < -0.4 is 0 Å². The average molecular weight is 280 g/mol. The zero-order chi connectivity index (χ0) is 14.0. The highest BCUT2D eigenvalue weighted by atomic mass is 32.2. The van der Waals surface area contributed by atoms with E-state index in [2.05, 4.69) is 11.9 Å². The number of hydrogen-bond acceptors (Lipinski definition) is 4. The summed E-state index contributed by atoms with van der Waals surface area (Å²) in [6, 6.07) is 3.06. The molecule has 1 saturated heterocycles. The fourth-order valence-corrected chi connectivity index (χ4v) is 3.13. The molecule has 0 aliphatic carbocycles. The van der Waals surface area contributed by atoms with Gasteiger partial charge in [0.25, 0.3) is 5.91 Å². The van der Waals surface area contributed by atoms with Crippen molar-refractivity contribution < 1.29 is 14.7 Å². The lowest BCUT2D eigenvalue weighted by Crippen LogP contribution is -2.48. The van der Waals surface area contributed by atoms with E-state index in [1.54, 1.807) is 0 Å². The minimum Gasteiger partial charge on any atom is -0.477 e. The van der Waals surface area contributed by atoms with E-state index >= 15 is 0 Å². The molecule has 1 N–H and O–H groups in total. The number of carboxylic acids is 1. The van der Waals surface area contributed by atoms with Crippen LogP contribution in [-0.2, 0) is 0 Å². The van der Waals surface area contributed by atoms with E-state index in [0.29, 0.717) is 10.8 Å². The lowest BCUT2D eigenvalue weighted by molar-refractivity contribution is 0.0678. The highest BCUT2D eigenvalue weighted by molar-refractivity contribution is 8.00. The maximum Gasteiger partial charge on any atom is 0.354 e. The second-order valence-electron chi connectivity index (χ2n) is 4.55. The Kier molecular flexibility index (Phi) is 4.09. The number of pyridine rings is 1. The smallest absolute Gasteiger partial charge is 0.354 e. The number of carbonyl (C=O) groups excluding carboxylic acids is 1. The Hall–Kier alpha value is -1.56. The van der Waals surface area contributed by atoms with Crippen LogP contribution in [0.15, 0.2) is 18.3 Å². The second-order valence-corrected chi connectivity index (χ2v) is 6.04. The molecule has 0 bridgehead atoms. The molecule has 0 radical (unpaired) electrons. The van der Waals surface area contributed by atoms with Gasteiger partial charge in [-0.1, -0.05) is 6.92 Å². The van der Waals surface area contributed by atoms with Gasteiger partial charge in [0.05, 0.1) is 5.56 Å².